The number of amides is 1. The highest BCUT2D eigenvalue weighted by atomic mass is 16.2. The van der Waals surface area contributed by atoms with Crippen LogP contribution >= 0.6 is 0 Å². The van der Waals surface area contributed by atoms with Gasteiger partial charge in [-0.3, -0.25) is 4.79 Å². The lowest BCUT2D eigenvalue weighted by atomic mass is 9.76. The Bertz CT molecular complexity index is 286. The molecule has 1 saturated carbocycles. The van der Waals surface area contributed by atoms with Gasteiger partial charge in [0.2, 0.25) is 5.91 Å². The minimum absolute atomic E-state index is 0.139. The molecular weight excluding hydrogens is 236 g/mol. The van der Waals surface area contributed by atoms with Crippen LogP contribution in [0.15, 0.2) is 0 Å². The van der Waals surface area contributed by atoms with Crippen LogP contribution < -0.4 is 10.6 Å². The summed E-state index contributed by atoms with van der Waals surface area (Å²) in [6, 6.07) is 0.352. The fraction of sp³-hybridized carbons (Fsp3) is 0.938. The van der Waals surface area contributed by atoms with Crippen molar-refractivity contribution in [1.29, 1.82) is 0 Å². The summed E-state index contributed by atoms with van der Waals surface area (Å²) in [5.74, 6) is 1.01. The Morgan fingerprint density at radius 1 is 1.37 bits per heavy atom. The number of hydrogen-bond acceptors (Lipinski definition) is 2. The van der Waals surface area contributed by atoms with Crippen LogP contribution in [0.3, 0.4) is 0 Å². The lowest BCUT2D eigenvalue weighted by Gasteiger charge is -2.37. The molecule has 1 aliphatic heterocycles. The van der Waals surface area contributed by atoms with Crippen molar-refractivity contribution in [2.45, 2.75) is 71.3 Å². The van der Waals surface area contributed by atoms with Crippen LogP contribution in [0.1, 0.15) is 65.2 Å². The van der Waals surface area contributed by atoms with Crippen LogP contribution in [0.4, 0.5) is 0 Å². The molecule has 2 N–H and O–H groups in total. The number of piperidine rings is 1. The maximum atomic E-state index is 12.7. The van der Waals surface area contributed by atoms with Gasteiger partial charge in [0.1, 0.15) is 0 Å². The van der Waals surface area contributed by atoms with Crippen LogP contribution in [0.2, 0.25) is 0 Å². The van der Waals surface area contributed by atoms with Crippen molar-refractivity contribution >= 4 is 5.91 Å². The number of nitrogens with one attached hydrogen (secondary N) is 2. The summed E-state index contributed by atoms with van der Waals surface area (Å²) < 4.78 is 0. The molecule has 0 bridgehead atoms. The van der Waals surface area contributed by atoms with Crippen molar-refractivity contribution in [3.8, 4) is 0 Å². The molecule has 2 fully saturated rings. The van der Waals surface area contributed by atoms with Gasteiger partial charge in [-0.15, -0.1) is 0 Å². The first kappa shape index (κ1) is 14.8. The van der Waals surface area contributed by atoms with E-state index in [1.54, 1.807) is 0 Å². The Morgan fingerprint density at radius 3 is 2.68 bits per heavy atom. The fourth-order valence-electron chi connectivity index (χ4n) is 3.90. The number of carbonyl (C=O) groups is 1. The fourth-order valence-corrected chi connectivity index (χ4v) is 3.90. The van der Waals surface area contributed by atoms with Crippen LogP contribution in [0, 0.1) is 11.3 Å². The normalized spacial score (nSPS) is 30.2. The number of rotatable bonds is 5. The van der Waals surface area contributed by atoms with E-state index in [2.05, 4.69) is 24.5 Å². The molecule has 1 unspecified atom stereocenters. The number of hydrogen-bond donors (Lipinski definition) is 2. The Morgan fingerprint density at radius 2 is 2.11 bits per heavy atom. The van der Waals surface area contributed by atoms with Gasteiger partial charge in [-0.2, -0.15) is 0 Å². The van der Waals surface area contributed by atoms with Crippen molar-refractivity contribution in [1.82, 2.24) is 10.6 Å². The molecule has 0 aromatic rings. The first-order valence-corrected chi connectivity index (χ1v) is 8.19. The molecule has 1 aliphatic carbocycles. The van der Waals surface area contributed by atoms with Crippen molar-refractivity contribution in [2.24, 2.45) is 11.3 Å². The van der Waals surface area contributed by atoms with Gasteiger partial charge in [0, 0.05) is 12.6 Å². The van der Waals surface area contributed by atoms with E-state index >= 15 is 0 Å². The van der Waals surface area contributed by atoms with E-state index in [1.165, 1.54) is 25.7 Å². The van der Waals surface area contributed by atoms with Crippen molar-refractivity contribution in [2.75, 3.05) is 13.1 Å². The summed E-state index contributed by atoms with van der Waals surface area (Å²) in [4.78, 5) is 12.7. The third-order valence-corrected chi connectivity index (χ3v) is 5.15. The van der Waals surface area contributed by atoms with E-state index in [0.717, 1.165) is 38.8 Å². The van der Waals surface area contributed by atoms with Crippen molar-refractivity contribution in [3.63, 3.8) is 0 Å². The average Bonchev–Trinajstić information content (AvgIpc) is 2.94. The molecule has 110 valence electrons. The third kappa shape index (κ3) is 3.50. The molecule has 0 aromatic carbocycles. The molecule has 19 heavy (non-hydrogen) atoms. The molecule has 3 nitrogen and oxygen atoms in total. The first-order chi connectivity index (χ1) is 9.18. The number of carbonyl (C=O) groups excluding carboxylic acids is 1. The molecule has 2 rings (SSSR count). The summed E-state index contributed by atoms with van der Waals surface area (Å²) in [6.07, 6.45) is 9.55. The maximum Gasteiger partial charge on any atom is 0.227 e. The summed E-state index contributed by atoms with van der Waals surface area (Å²) in [5.41, 5.74) is -0.139. The zero-order chi connectivity index (χ0) is 13.7. The second-order valence-electron chi connectivity index (χ2n) is 6.62. The summed E-state index contributed by atoms with van der Waals surface area (Å²) in [5, 5.41) is 6.76. The van der Waals surface area contributed by atoms with E-state index in [9.17, 15) is 4.79 Å². The van der Waals surface area contributed by atoms with Gasteiger partial charge in [0.25, 0.3) is 0 Å². The standard InChI is InChI=1S/C16H30N2O/c1-3-9-16(10-6-11-17-12-16)15(19)18-13(2)14-7-4-5-8-14/h13-14,17H,3-12H2,1-2H3,(H,18,19)/t13-,16?/m0/s1. The Hall–Kier alpha value is -0.570. The largest absolute Gasteiger partial charge is 0.353 e. The zero-order valence-electron chi connectivity index (χ0n) is 12.6. The molecule has 0 aromatic heterocycles. The van der Waals surface area contributed by atoms with Crippen LogP contribution in [0.5, 0.6) is 0 Å². The molecule has 1 saturated heterocycles. The highest BCUT2D eigenvalue weighted by molar-refractivity contribution is 5.83. The lowest BCUT2D eigenvalue weighted by Crippen LogP contribution is -2.53. The van der Waals surface area contributed by atoms with Crippen LogP contribution in [-0.2, 0) is 4.79 Å². The van der Waals surface area contributed by atoms with Gasteiger partial charge in [-0.25, -0.2) is 0 Å². The highest BCUT2D eigenvalue weighted by Gasteiger charge is 2.39. The maximum absolute atomic E-state index is 12.7. The molecule has 3 heteroatoms. The lowest BCUT2D eigenvalue weighted by molar-refractivity contribution is -0.133. The smallest absolute Gasteiger partial charge is 0.227 e. The minimum Gasteiger partial charge on any atom is -0.353 e. The summed E-state index contributed by atoms with van der Waals surface area (Å²) in [6.45, 7) is 6.31. The van der Waals surface area contributed by atoms with E-state index in [1.807, 2.05) is 0 Å². The monoisotopic (exact) mass is 266 g/mol. The Kier molecular flexibility index (Phi) is 5.26. The second kappa shape index (κ2) is 6.74. The summed E-state index contributed by atoms with van der Waals surface area (Å²) in [7, 11) is 0. The van der Waals surface area contributed by atoms with Crippen LogP contribution in [0.25, 0.3) is 0 Å². The van der Waals surface area contributed by atoms with E-state index in [0.29, 0.717) is 17.9 Å². The first-order valence-electron chi connectivity index (χ1n) is 8.19. The predicted octanol–water partition coefficient (Wildman–Crippen LogP) is 2.85. The van der Waals surface area contributed by atoms with Gasteiger partial charge in [0.05, 0.1) is 5.41 Å². The molecule has 1 amide bonds. The Balaban J connectivity index is 1.94. The van der Waals surface area contributed by atoms with Crippen LogP contribution in [-0.4, -0.2) is 25.0 Å². The third-order valence-electron chi connectivity index (χ3n) is 5.15. The highest BCUT2D eigenvalue weighted by Crippen LogP contribution is 2.33. The SMILES string of the molecule is CCCC1(C(=O)N[C@@H](C)C2CCCC2)CCCNC1. The van der Waals surface area contributed by atoms with E-state index in [4.69, 9.17) is 0 Å². The van der Waals surface area contributed by atoms with Gasteiger partial charge in [0.15, 0.2) is 0 Å². The van der Waals surface area contributed by atoms with Gasteiger partial charge in [-0.1, -0.05) is 26.2 Å². The zero-order valence-corrected chi connectivity index (χ0v) is 12.6. The molecule has 2 atom stereocenters. The molecule has 0 radical (unpaired) electrons. The predicted molar refractivity (Wildman–Crippen MR) is 79.0 cm³/mol. The van der Waals surface area contributed by atoms with E-state index < -0.39 is 0 Å². The minimum atomic E-state index is -0.139. The average molecular weight is 266 g/mol. The molecule has 2 aliphatic rings. The molecule has 1 heterocycles. The van der Waals surface area contributed by atoms with Crippen molar-refractivity contribution < 1.29 is 4.79 Å². The molecular formula is C16H30N2O. The van der Waals surface area contributed by atoms with Gasteiger partial charge in [-0.05, 0) is 51.5 Å². The molecule has 0 spiro atoms. The van der Waals surface area contributed by atoms with Gasteiger partial charge < -0.3 is 10.6 Å². The summed E-state index contributed by atoms with van der Waals surface area (Å²) >= 11 is 0. The quantitative estimate of drug-likeness (QED) is 0.803. The second-order valence-corrected chi connectivity index (χ2v) is 6.62. The van der Waals surface area contributed by atoms with Crippen molar-refractivity contribution in [3.05, 3.63) is 0 Å². The topological polar surface area (TPSA) is 41.1 Å². The Labute approximate surface area is 117 Å². The van der Waals surface area contributed by atoms with Gasteiger partial charge >= 0.3 is 0 Å². The van der Waals surface area contributed by atoms with E-state index in [-0.39, 0.29) is 5.41 Å².